The average molecular weight is 359 g/mol. The number of amides is 1. The third-order valence-corrected chi connectivity index (χ3v) is 5.85. The molecule has 128 valence electrons. The summed E-state index contributed by atoms with van der Waals surface area (Å²) in [5, 5.41) is 11.3. The first-order valence-corrected chi connectivity index (χ1v) is 8.75. The van der Waals surface area contributed by atoms with E-state index in [2.05, 4.69) is 11.4 Å². The van der Waals surface area contributed by atoms with E-state index in [4.69, 9.17) is 0 Å². The van der Waals surface area contributed by atoms with Gasteiger partial charge in [0.25, 0.3) is 0 Å². The molecule has 0 aliphatic carbocycles. The molecule has 5 nitrogen and oxygen atoms in total. The summed E-state index contributed by atoms with van der Waals surface area (Å²) in [7, 11) is 0. The maximum absolute atomic E-state index is 12.7. The van der Waals surface area contributed by atoms with Crippen molar-refractivity contribution >= 4 is 35.6 Å². The van der Waals surface area contributed by atoms with Crippen LogP contribution in [-0.2, 0) is 22.6 Å². The Bertz CT molecular complexity index is 577. The van der Waals surface area contributed by atoms with Crippen LogP contribution >= 0.6 is 23.7 Å². The van der Waals surface area contributed by atoms with Crippen LogP contribution in [0.3, 0.4) is 0 Å². The number of aliphatic carboxylic acids is 1. The van der Waals surface area contributed by atoms with Crippen LogP contribution in [0.25, 0.3) is 0 Å². The molecule has 0 saturated carbocycles. The summed E-state index contributed by atoms with van der Waals surface area (Å²) in [4.78, 5) is 29.3. The van der Waals surface area contributed by atoms with Gasteiger partial charge in [0.15, 0.2) is 0 Å². The van der Waals surface area contributed by atoms with Crippen LogP contribution in [-0.4, -0.2) is 52.5 Å². The zero-order valence-electron chi connectivity index (χ0n) is 13.2. The highest BCUT2D eigenvalue weighted by atomic mass is 35.5. The Kier molecular flexibility index (Phi) is 6.06. The van der Waals surface area contributed by atoms with Crippen LogP contribution in [0.15, 0.2) is 11.4 Å². The molecule has 23 heavy (non-hydrogen) atoms. The number of hydrogen-bond acceptors (Lipinski definition) is 4. The molecule has 1 fully saturated rings. The van der Waals surface area contributed by atoms with E-state index in [-0.39, 0.29) is 30.3 Å². The van der Waals surface area contributed by atoms with Crippen molar-refractivity contribution in [1.82, 2.24) is 9.80 Å². The normalized spacial score (nSPS) is 22.8. The van der Waals surface area contributed by atoms with E-state index in [1.54, 1.807) is 11.3 Å². The summed E-state index contributed by atoms with van der Waals surface area (Å²) in [6.07, 6.45) is 2.50. The number of nitrogens with zero attached hydrogens (tertiary/aromatic N) is 2. The number of carboxylic acid groups (broad SMARTS) is 1. The Balaban J connectivity index is 0.00000192. The third-order valence-electron chi connectivity index (χ3n) is 4.83. The first kappa shape index (κ1) is 18.2. The Hall–Kier alpha value is -1.11. The number of hydrogen-bond donors (Lipinski definition) is 1. The maximum atomic E-state index is 12.7. The van der Waals surface area contributed by atoms with Crippen LogP contribution in [0.4, 0.5) is 0 Å². The highest BCUT2D eigenvalue weighted by Gasteiger charge is 2.33. The van der Waals surface area contributed by atoms with E-state index in [1.165, 1.54) is 10.4 Å². The van der Waals surface area contributed by atoms with Crippen molar-refractivity contribution in [2.75, 3.05) is 19.6 Å². The minimum absolute atomic E-state index is 0. The van der Waals surface area contributed by atoms with Crippen molar-refractivity contribution in [3.63, 3.8) is 0 Å². The Labute approximate surface area is 146 Å². The summed E-state index contributed by atoms with van der Waals surface area (Å²) in [5.41, 5.74) is 1.26. The second-order valence-electron chi connectivity index (χ2n) is 6.23. The fraction of sp³-hybridized carbons (Fsp3) is 0.625. The number of carboxylic acids is 1. The number of rotatable bonds is 3. The van der Waals surface area contributed by atoms with E-state index in [0.717, 1.165) is 25.9 Å². The smallest absolute Gasteiger partial charge is 0.307 e. The predicted octanol–water partition coefficient (Wildman–Crippen LogP) is 2.24. The molecule has 1 N–H and O–H groups in total. The largest absolute Gasteiger partial charge is 0.481 e. The zero-order valence-corrected chi connectivity index (χ0v) is 14.9. The SMILES string of the molecule is CC(C(=O)N1CCc2sccc2C1)N1CCCC(C(=O)O)C1.Cl. The van der Waals surface area contributed by atoms with Crippen molar-refractivity contribution in [3.8, 4) is 0 Å². The molecule has 0 radical (unpaired) electrons. The zero-order chi connectivity index (χ0) is 15.7. The van der Waals surface area contributed by atoms with Gasteiger partial charge in [-0.3, -0.25) is 14.5 Å². The lowest BCUT2D eigenvalue weighted by Crippen LogP contribution is -2.52. The molecule has 3 rings (SSSR count). The molecule has 2 unspecified atom stereocenters. The predicted molar refractivity (Wildman–Crippen MR) is 92.1 cm³/mol. The van der Waals surface area contributed by atoms with Crippen molar-refractivity contribution in [2.24, 2.45) is 5.92 Å². The highest BCUT2D eigenvalue weighted by Crippen LogP contribution is 2.25. The average Bonchev–Trinajstić information content (AvgIpc) is 3.01. The molecule has 2 aliphatic rings. The first-order valence-electron chi connectivity index (χ1n) is 7.87. The van der Waals surface area contributed by atoms with Gasteiger partial charge in [-0.25, -0.2) is 0 Å². The van der Waals surface area contributed by atoms with Crippen molar-refractivity contribution in [3.05, 3.63) is 21.9 Å². The fourth-order valence-corrected chi connectivity index (χ4v) is 4.31. The fourth-order valence-electron chi connectivity index (χ4n) is 3.42. The standard InChI is InChI=1S/C16H22N2O3S.ClH/c1-11(17-6-2-3-13(10-17)16(20)21)15(19)18-7-4-14-12(9-18)5-8-22-14;/h5,8,11,13H,2-4,6-7,9-10H2,1H3,(H,20,21);1H. The van der Waals surface area contributed by atoms with Gasteiger partial charge in [0.2, 0.25) is 5.91 Å². The molecule has 2 atom stereocenters. The number of halogens is 1. The number of likely N-dealkylation sites (tertiary alicyclic amines) is 1. The van der Waals surface area contributed by atoms with E-state index in [1.807, 2.05) is 16.7 Å². The van der Waals surface area contributed by atoms with E-state index in [0.29, 0.717) is 19.5 Å². The lowest BCUT2D eigenvalue weighted by molar-refractivity contribution is -0.146. The van der Waals surface area contributed by atoms with E-state index < -0.39 is 5.97 Å². The maximum Gasteiger partial charge on any atom is 0.307 e. The van der Waals surface area contributed by atoms with Gasteiger partial charge in [0.05, 0.1) is 12.0 Å². The molecule has 1 aromatic rings. The van der Waals surface area contributed by atoms with Crippen molar-refractivity contribution in [1.29, 1.82) is 0 Å². The van der Waals surface area contributed by atoms with Gasteiger partial charge in [0, 0.05) is 24.5 Å². The number of carbonyl (C=O) groups excluding carboxylic acids is 1. The molecular formula is C16H23ClN2O3S. The van der Waals surface area contributed by atoms with Crippen LogP contribution in [0.1, 0.15) is 30.2 Å². The minimum Gasteiger partial charge on any atom is -0.481 e. The Morgan fingerprint density at radius 3 is 2.91 bits per heavy atom. The molecule has 1 aromatic heterocycles. The third kappa shape index (κ3) is 3.87. The molecule has 2 aliphatic heterocycles. The molecule has 0 spiro atoms. The topological polar surface area (TPSA) is 60.9 Å². The van der Waals surface area contributed by atoms with Gasteiger partial charge in [0.1, 0.15) is 0 Å². The number of fused-ring (bicyclic) bond motifs is 1. The van der Waals surface area contributed by atoms with E-state index in [9.17, 15) is 14.7 Å². The lowest BCUT2D eigenvalue weighted by Gasteiger charge is -2.37. The quantitative estimate of drug-likeness (QED) is 0.900. The van der Waals surface area contributed by atoms with Crippen molar-refractivity contribution < 1.29 is 14.7 Å². The molecule has 1 saturated heterocycles. The Morgan fingerprint density at radius 1 is 1.39 bits per heavy atom. The molecule has 0 bridgehead atoms. The molecule has 1 amide bonds. The van der Waals surface area contributed by atoms with Gasteiger partial charge in [-0.1, -0.05) is 0 Å². The molecule has 7 heteroatoms. The summed E-state index contributed by atoms with van der Waals surface area (Å²) < 4.78 is 0. The van der Waals surface area contributed by atoms with Gasteiger partial charge in [-0.15, -0.1) is 23.7 Å². The van der Waals surface area contributed by atoms with Gasteiger partial charge in [-0.2, -0.15) is 0 Å². The molecule has 0 aromatic carbocycles. The van der Waals surface area contributed by atoms with Crippen molar-refractivity contribution in [2.45, 2.75) is 38.8 Å². The second kappa shape index (κ2) is 7.64. The van der Waals surface area contributed by atoms with Gasteiger partial charge < -0.3 is 10.0 Å². The van der Waals surface area contributed by atoms with Gasteiger partial charge in [-0.05, 0) is 49.7 Å². The second-order valence-corrected chi connectivity index (χ2v) is 7.23. The Morgan fingerprint density at radius 2 is 2.17 bits per heavy atom. The monoisotopic (exact) mass is 358 g/mol. The number of carbonyl (C=O) groups is 2. The van der Waals surface area contributed by atoms with E-state index >= 15 is 0 Å². The van der Waals surface area contributed by atoms with Crippen LogP contribution < -0.4 is 0 Å². The molecular weight excluding hydrogens is 336 g/mol. The summed E-state index contributed by atoms with van der Waals surface area (Å²) in [6.45, 7) is 4.68. The van der Waals surface area contributed by atoms with Crippen LogP contribution in [0.5, 0.6) is 0 Å². The number of piperidine rings is 1. The van der Waals surface area contributed by atoms with Crippen LogP contribution in [0.2, 0.25) is 0 Å². The minimum atomic E-state index is -0.745. The summed E-state index contributed by atoms with van der Waals surface area (Å²) in [5.74, 6) is -0.957. The summed E-state index contributed by atoms with van der Waals surface area (Å²) >= 11 is 1.77. The number of thiophene rings is 1. The summed E-state index contributed by atoms with van der Waals surface area (Å²) in [6, 6.07) is 1.87. The first-order chi connectivity index (χ1) is 10.6. The highest BCUT2D eigenvalue weighted by molar-refractivity contribution is 7.10. The van der Waals surface area contributed by atoms with Gasteiger partial charge >= 0.3 is 5.97 Å². The van der Waals surface area contributed by atoms with Crippen LogP contribution in [0, 0.1) is 5.92 Å². The lowest BCUT2D eigenvalue weighted by atomic mass is 9.96. The molecule has 3 heterocycles.